The molecule has 1 amide bonds. The van der Waals surface area contributed by atoms with Crippen LogP contribution >= 0.6 is 24.0 Å². The van der Waals surface area contributed by atoms with E-state index in [4.69, 9.17) is 4.74 Å². The number of guanidine groups is 1. The fourth-order valence-corrected chi connectivity index (χ4v) is 3.63. The molecule has 6 nitrogen and oxygen atoms in total. The largest absolute Gasteiger partial charge is 0.497 e. The topological polar surface area (TPSA) is 74.8 Å². The van der Waals surface area contributed by atoms with Gasteiger partial charge < -0.3 is 20.7 Å². The number of methoxy groups -OCH3 is 1. The van der Waals surface area contributed by atoms with Gasteiger partial charge in [-0.25, -0.2) is 0 Å². The van der Waals surface area contributed by atoms with E-state index in [9.17, 15) is 4.79 Å². The van der Waals surface area contributed by atoms with Crippen molar-refractivity contribution in [2.24, 2.45) is 4.99 Å². The van der Waals surface area contributed by atoms with Gasteiger partial charge in [0.2, 0.25) is 5.91 Å². The lowest BCUT2D eigenvalue weighted by molar-refractivity contribution is -0.116. The van der Waals surface area contributed by atoms with Gasteiger partial charge in [-0.05, 0) is 41.7 Å². The summed E-state index contributed by atoms with van der Waals surface area (Å²) in [4.78, 5) is 16.3. The highest BCUT2D eigenvalue weighted by atomic mass is 127. The quantitative estimate of drug-likeness (QED) is 0.291. The number of rotatable bonds is 7. The first-order chi connectivity index (χ1) is 14.1. The van der Waals surface area contributed by atoms with E-state index in [2.05, 4.69) is 46.1 Å². The molecule has 0 bridgehead atoms. The first kappa shape index (κ1) is 24.0. The van der Waals surface area contributed by atoms with Crippen LogP contribution < -0.4 is 20.7 Å². The molecule has 0 fully saturated rings. The van der Waals surface area contributed by atoms with E-state index >= 15 is 0 Å². The van der Waals surface area contributed by atoms with E-state index in [0.29, 0.717) is 18.9 Å². The number of ether oxygens (including phenoxy) is 1. The van der Waals surface area contributed by atoms with E-state index in [1.54, 1.807) is 14.2 Å². The maximum atomic E-state index is 12.0. The summed E-state index contributed by atoms with van der Waals surface area (Å²) in [6.07, 6.45) is 1.47. The third-order valence-corrected chi connectivity index (χ3v) is 5.40. The molecular weight excluding hydrogens is 491 g/mol. The SMILES string of the molecule is CN=C(NCCC(C)c1ccc(OC)cc1)NCC1CC(=O)Nc2ccccc21.I. The number of hydrogen-bond donors (Lipinski definition) is 3. The van der Waals surface area contributed by atoms with Crippen LogP contribution in [0.3, 0.4) is 0 Å². The van der Waals surface area contributed by atoms with E-state index in [1.165, 1.54) is 11.1 Å². The van der Waals surface area contributed by atoms with Crippen molar-refractivity contribution in [3.8, 4) is 5.75 Å². The van der Waals surface area contributed by atoms with Crippen molar-refractivity contribution in [3.63, 3.8) is 0 Å². The highest BCUT2D eigenvalue weighted by molar-refractivity contribution is 14.0. The number of benzene rings is 2. The molecule has 0 aromatic heterocycles. The van der Waals surface area contributed by atoms with Crippen LogP contribution in [0.25, 0.3) is 0 Å². The van der Waals surface area contributed by atoms with Crippen LogP contribution in [0.5, 0.6) is 5.75 Å². The number of amides is 1. The summed E-state index contributed by atoms with van der Waals surface area (Å²) in [6, 6.07) is 16.2. The second-order valence-electron chi connectivity index (χ2n) is 7.38. The van der Waals surface area contributed by atoms with Crippen molar-refractivity contribution in [1.29, 1.82) is 0 Å². The predicted octanol–water partition coefficient (Wildman–Crippen LogP) is 4.10. The monoisotopic (exact) mass is 522 g/mol. The minimum atomic E-state index is 0. The zero-order chi connectivity index (χ0) is 20.6. The molecule has 2 aromatic carbocycles. The number of anilines is 1. The van der Waals surface area contributed by atoms with Gasteiger partial charge in [0.05, 0.1) is 7.11 Å². The summed E-state index contributed by atoms with van der Waals surface area (Å²) in [5, 5.41) is 9.69. The Kier molecular flexibility index (Phi) is 9.42. The van der Waals surface area contributed by atoms with Crippen LogP contribution in [0.4, 0.5) is 5.69 Å². The van der Waals surface area contributed by atoms with E-state index in [0.717, 1.165) is 30.4 Å². The third-order valence-electron chi connectivity index (χ3n) is 5.40. The molecule has 2 atom stereocenters. The highest BCUT2D eigenvalue weighted by Gasteiger charge is 2.24. The summed E-state index contributed by atoms with van der Waals surface area (Å²) in [5.74, 6) is 2.26. The third kappa shape index (κ3) is 6.35. The van der Waals surface area contributed by atoms with Gasteiger partial charge in [0, 0.05) is 38.2 Å². The van der Waals surface area contributed by atoms with Crippen LogP contribution in [-0.4, -0.2) is 39.1 Å². The molecule has 1 aliphatic heterocycles. The minimum Gasteiger partial charge on any atom is -0.497 e. The summed E-state index contributed by atoms with van der Waals surface area (Å²) < 4.78 is 5.22. The number of para-hydroxylation sites is 1. The van der Waals surface area contributed by atoms with Crippen LogP contribution in [0.1, 0.15) is 42.7 Å². The molecule has 7 heteroatoms. The summed E-state index contributed by atoms with van der Waals surface area (Å²) >= 11 is 0. The number of aliphatic imine (C=N–C) groups is 1. The second-order valence-corrected chi connectivity index (χ2v) is 7.38. The molecule has 1 aliphatic rings. The molecule has 3 N–H and O–H groups in total. The molecule has 1 heterocycles. The molecule has 0 saturated heterocycles. The zero-order valence-electron chi connectivity index (χ0n) is 17.8. The molecule has 162 valence electrons. The van der Waals surface area contributed by atoms with Gasteiger partial charge in [-0.1, -0.05) is 37.3 Å². The van der Waals surface area contributed by atoms with Gasteiger partial charge in [0.1, 0.15) is 5.75 Å². The molecule has 2 unspecified atom stereocenters. The Hall–Kier alpha value is -2.29. The van der Waals surface area contributed by atoms with Crippen LogP contribution in [0, 0.1) is 0 Å². The average molecular weight is 522 g/mol. The zero-order valence-corrected chi connectivity index (χ0v) is 20.1. The van der Waals surface area contributed by atoms with Crippen molar-refractivity contribution < 1.29 is 9.53 Å². The summed E-state index contributed by atoms with van der Waals surface area (Å²) in [7, 11) is 3.45. The second kappa shape index (κ2) is 11.8. The van der Waals surface area contributed by atoms with Crippen LogP contribution in [0.15, 0.2) is 53.5 Å². The van der Waals surface area contributed by atoms with Gasteiger partial charge in [0.25, 0.3) is 0 Å². The Morgan fingerprint density at radius 1 is 1.20 bits per heavy atom. The molecule has 3 rings (SSSR count). The van der Waals surface area contributed by atoms with Crippen molar-refractivity contribution in [1.82, 2.24) is 10.6 Å². The molecule has 0 radical (unpaired) electrons. The van der Waals surface area contributed by atoms with Gasteiger partial charge in [-0.15, -0.1) is 24.0 Å². The summed E-state index contributed by atoms with van der Waals surface area (Å²) in [6.45, 7) is 3.70. The Morgan fingerprint density at radius 3 is 2.63 bits per heavy atom. The number of carbonyl (C=O) groups excluding carboxylic acids is 1. The van der Waals surface area contributed by atoms with Gasteiger partial charge in [-0.3, -0.25) is 9.79 Å². The van der Waals surface area contributed by atoms with E-state index < -0.39 is 0 Å². The van der Waals surface area contributed by atoms with Crippen LogP contribution in [0.2, 0.25) is 0 Å². The molecule has 2 aromatic rings. The van der Waals surface area contributed by atoms with Crippen LogP contribution in [-0.2, 0) is 4.79 Å². The number of halogens is 1. The van der Waals surface area contributed by atoms with E-state index in [-0.39, 0.29) is 35.8 Å². The fourth-order valence-electron chi connectivity index (χ4n) is 3.63. The molecular formula is C23H31IN4O2. The lowest BCUT2D eigenvalue weighted by atomic mass is 9.90. The molecule has 30 heavy (non-hydrogen) atoms. The van der Waals surface area contributed by atoms with Crippen molar-refractivity contribution in [3.05, 3.63) is 59.7 Å². The fraction of sp³-hybridized carbons (Fsp3) is 0.391. The van der Waals surface area contributed by atoms with Crippen molar-refractivity contribution in [2.45, 2.75) is 31.6 Å². The standard InChI is InChI=1S/C23H30N4O2.HI/c1-16(17-8-10-19(29-3)11-9-17)12-13-25-23(24-2)26-15-18-14-22(28)27-21-7-5-4-6-20(18)21;/h4-11,16,18H,12-15H2,1-3H3,(H,27,28)(H2,24,25,26);1H. The lowest BCUT2D eigenvalue weighted by Crippen LogP contribution is -2.41. The first-order valence-corrected chi connectivity index (χ1v) is 10.1. The van der Waals surface area contributed by atoms with Crippen molar-refractivity contribution in [2.75, 3.05) is 32.6 Å². The van der Waals surface area contributed by atoms with Gasteiger partial charge in [0.15, 0.2) is 5.96 Å². The predicted molar refractivity (Wildman–Crippen MR) is 133 cm³/mol. The number of hydrogen-bond acceptors (Lipinski definition) is 3. The Labute approximate surface area is 195 Å². The lowest BCUT2D eigenvalue weighted by Gasteiger charge is -2.26. The Morgan fingerprint density at radius 2 is 1.93 bits per heavy atom. The van der Waals surface area contributed by atoms with Gasteiger partial charge in [-0.2, -0.15) is 0 Å². The maximum Gasteiger partial charge on any atom is 0.225 e. The smallest absolute Gasteiger partial charge is 0.225 e. The maximum absolute atomic E-state index is 12.0. The minimum absolute atomic E-state index is 0. The normalized spacial score (nSPS) is 16.6. The number of carbonyl (C=O) groups is 1. The Bertz CT molecular complexity index is 855. The van der Waals surface area contributed by atoms with E-state index in [1.807, 2.05) is 30.3 Å². The molecule has 0 spiro atoms. The average Bonchev–Trinajstić information content (AvgIpc) is 2.75. The first-order valence-electron chi connectivity index (χ1n) is 10.1. The molecule has 0 saturated carbocycles. The van der Waals surface area contributed by atoms with Gasteiger partial charge >= 0.3 is 0 Å². The molecule has 0 aliphatic carbocycles. The Balaban J connectivity index is 0.00000320. The summed E-state index contributed by atoms with van der Waals surface area (Å²) in [5.41, 5.74) is 3.37. The number of nitrogens with one attached hydrogen (secondary N) is 3. The van der Waals surface area contributed by atoms with Crippen molar-refractivity contribution >= 4 is 41.5 Å². The number of fused-ring (bicyclic) bond motifs is 1. The highest BCUT2D eigenvalue weighted by Crippen LogP contribution is 2.31. The number of nitrogens with zero attached hydrogens (tertiary/aromatic N) is 1.